The molecular formula is C23H29FN2O2. The van der Waals surface area contributed by atoms with Crippen LogP contribution in [-0.4, -0.2) is 29.3 Å². The molecule has 0 fully saturated rings. The Morgan fingerprint density at radius 1 is 1.04 bits per heavy atom. The Kier molecular flexibility index (Phi) is 8.18. The molecule has 0 aliphatic heterocycles. The molecule has 0 spiro atoms. The van der Waals surface area contributed by atoms with E-state index in [9.17, 15) is 14.0 Å². The van der Waals surface area contributed by atoms with Crippen LogP contribution >= 0.6 is 0 Å². The van der Waals surface area contributed by atoms with E-state index >= 15 is 0 Å². The first-order chi connectivity index (χ1) is 13.4. The number of amides is 2. The van der Waals surface area contributed by atoms with Gasteiger partial charge in [0.15, 0.2) is 0 Å². The van der Waals surface area contributed by atoms with Crippen LogP contribution in [0.15, 0.2) is 54.6 Å². The summed E-state index contributed by atoms with van der Waals surface area (Å²) in [6.45, 7) is 6.78. The quantitative estimate of drug-likeness (QED) is 0.712. The maximum atomic E-state index is 14.0. The largest absolute Gasteiger partial charge is 0.354 e. The highest BCUT2D eigenvalue weighted by molar-refractivity contribution is 5.88. The van der Waals surface area contributed by atoms with Crippen LogP contribution in [-0.2, 0) is 22.6 Å². The van der Waals surface area contributed by atoms with Crippen LogP contribution in [0.5, 0.6) is 0 Å². The lowest BCUT2D eigenvalue weighted by Crippen LogP contribution is -2.50. The first-order valence-corrected chi connectivity index (χ1v) is 9.76. The molecule has 2 aromatic rings. The summed E-state index contributed by atoms with van der Waals surface area (Å²) in [6.07, 6.45) is 0.410. The van der Waals surface area contributed by atoms with Crippen LogP contribution in [0.25, 0.3) is 0 Å². The number of hydrogen-bond donors (Lipinski definition) is 1. The molecule has 0 unspecified atom stereocenters. The highest BCUT2D eigenvalue weighted by Crippen LogP contribution is 2.16. The third-order valence-corrected chi connectivity index (χ3v) is 4.57. The highest BCUT2D eigenvalue weighted by Gasteiger charge is 2.29. The molecule has 0 saturated carbocycles. The fraction of sp³-hybridized carbons (Fsp3) is 0.391. The maximum absolute atomic E-state index is 14.0. The van der Waals surface area contributed by atoms with Gasteiger partial charge in [-0.3, -0.25) is 9.59 Å². The van der Waals surface area contributed by atoms with Gasteiger partial charge in [0.1, 0.15) is 11.9 Å². The zero-order valence-electron chi connectivity index (χ0n) is 16.8. The molecule has 2 amide bonds. The monoisotopic (exact) mass is 384 g/mol. The molecule has 1 atom stereocenters. The fourth-order valence-corrected chi connectivity index (χ4v) is 3.03. The summed E-state index contributed by atoms with van der Waals surface area (Å²) < 4.78 is 14.0. The third kappa shape index (κ3) is 6.19. The van der Waals surface area contributed by atoms with Crippen molar-refractivity contribution in [2.45, 2.75) is 46.2 Å². The average Bonchev–Trinajstić information content (AvgIpc) is 2.68. The van der Waals surface area contributed by atoms with Crippen LogP contribution in [0.1, 0.15) is 38.3 Å². The van der Waals surface area contributed by atoms with E-state index in [1.807, 2.05) is 51.1 Å². The Morgan fingerprint density at radius 3 is 2.29 bits per heavy atom. The van der Waals surface area contributed by atoms with Gasteiger partial charge in [-0.05, 0) is 29.5 Å². The molecule has 0 bridgehead atoms. The van der Waals surface area contributed by atoms with Gasteiger partial charge in [0.2, 0.25) is 11.8 Å². The van der Waals surface area contributed by atoms with Gasteiger partial charge in [0.25, 0.3) is 0 Å². The molecule has 2 rings (SSSR count). The second kappa shape index (κ2) is 10.6. The normalized spacial score (nSPS) is 11.9. The van der Waals surface area contributed by atoms with E-state index in [4.69, 9.17) is 0 Å². The molecule has 2 aromatic carbocycles. The lowest BCUT2D eigenvalue weighted by atomic mass is 10.1. The van der Waals surface area contributed by atoms with E-state index < -0.39 is 11.9 Å². The van der Waals surface area contributed by atoms with Gasteiger partial charge in [-0.2, -0.15) is 0 Å². The van der Waals surface area contributed by atoms with E-state index in [0.29, 0.717) is 31.0 Å². The predicted molar refractivity (Wildman–Crippen MR) is 109 cm³/mol. The first-order valence-electron chi connectivity index (χ1n) is 9.76. The number of halogens is 1. The SMILES string of the molecule is CC[C@H](C(=O)NCC(C)C)N(Cc1ccccc1)C(=O)Cc1ccccc1F. The van der Waals surface area contributed by atoms with E-state index in [0.717, 1.165) is 5.56 Å². The number of nitrogens with zero attached hydrogens (tertiary/aromatic N) is 1. The fourth-order valence-electron chi connectivity index (χ4n) is 3.03. The summed E-state index contributed by atoms with van der Waals surface area (Å²) in [5, 5.41) is 2.92. The van der Waals surface area contributed by atoms with Crippen molar-refractivity contribution in [1.29, 1.82) is 0 Å². The lowest BCUT2D eigenvalue weighted by molar-refractivity contribution is -0.141. The van der Waals surface area contributed by atoms with Gasteiger partial charge in [0.05, 0.1) is 6.42 Å². The van der Waals surface area contributed by atoms with E-state index in [2.05, 4.69) is 5.32 Å². The molecule has 28 heavy (non-hydrogen) atoms. The molecule has 0 aliphatic rings. The Labute approximate surface area is 166 Å². The number of carbonyl (C=O) groups excluding carboxylic acids is 2. The topological polar surface area (TPSA) is 49.4 Å². The first kappa shape index (κ1) is 21.6. The number of nitrogens with one attached hydrogen (secondary N) is 1. The van der Waals surface area contributed by atoms with Crippen LogP contribution < -0.4 is 5.32 Å². The summed E-state index contributed by atoms with van der Waals surface area (Å²) >= 11 is 0. The standard InChI is InChI=1S/C23H29FN2O2/c1-4-21(23(28)25-15-17(2)3)26(16-18-10-6-5-7-11-18)22(27)14-19-12-8-9-13-20(19)24/h5-13,17,21H,4,14-16H2,1-3H3,(H,25,28)/t21-/m1/s1. The number of benzene rings is 2. The van der Waals surface area contributed by atoms with Gasteiger partial charge in [0, 0.05) is 13.1 Å². The lowest BCUT2D eigenvalue weighted by Gasteiger charge is -2.31. The van der Waals surface area contributed by atoms with Crippen molar-refractivity contribution in [1.82, 2.24) is 10.2 Å². The highest BCUT2D eigenvalue weighted by atomic mass is 19.1. The number of rotatable bonds is 9. The van der Waals surface area contributed by atoms with Gasteiger partial charge < -0.3 is 10.2 Å². The molecule has 4 nitrogen and oxygen atoms in total. The summed E-state index contributed by atoms with van der Waals surface area (Å²) in [7, 11) is 0. The van der Waals surface area contributed by atoms with Crippen molar-refractivity contribution >= 4 is 11.8 Å². The summed E-state index contributed by atoms with van der Waals surface area (Å²) in [5.74, 6) is -0.527. The van der Waals surface area contributed by atoms with Gasteiger partial charge in [-0.15, -0.1) is 0 Å². The molecule has 150 valence electrons. The molecule has 0 saturated heterocycles. The Bertz CT molecular complexity index is 777. The predicted octanol–water partition coefficient (Wildman–Crippen LogP) is 3.95. The molecular weight excluding hydrogens is 355 g/mol. The third-order valence-electron chi connectivity index (χ3n) is 4.57. The molecule has 0 aliphatic carbocycles. The second-order valence-electron chi connectivity index (χ2n) is 7.34. The van der Waals surface area contributed by atoms with Crippen molar-refractivity contribution in [3.63, 3.8) is 0 Å². The zero-order chi connectivity index (χ0) is 20.5. The van der Waals surface area contributed by atoms with Crippen molar-refractivity contribution in [3.05, 3.63) is 71.5 Å². The molecule has 1 N–H and O–H groups in total. The number of carbonyl (C=O) groups is 2. The van der Waals surface area contributed by atoms with E-state index in [1.165, 1.54) is 6.07 Å². The van der Waals surface area contributed by atoms with E-state index in [1.54, 1.807) is 23.1 Å². The van der Waals surface area contributed by atoms with Crippen LogP contribution in [0.3, 0.4) is 0 Å². The van der Waals surface area contributed by atoms with Crippen molar-refractivity contribution in [2.75, 3.05) is 6.54 Å². The smallest absolute Gasteiger partial charge is 0.242 e. The van der Waals surface area contributed by atoms with Gasteiger partial charge in [-0.1, -0.05) is 69.3 Å². The molecule has 0 aromatic heterocycles. The van der Waals surface area contributed by atoms with Crippen LogP contribution in [0.4, 0.5) is 4.39 Å². The Hall–Kier alpha value is -2.69. The summed E-state index contributed by atoms with van der Waals surface area (Å²) in [5.41, 5.74) is 1.27. The van der Waals surface area contributed by atoms with Crippen molar-refractivity contribution in [2.24, 2.45) is 5.92 Å². The molecule has 5 heteroatoms. The minimum absolute atomic E-state index is 0.0759. The Morgan fingerprint density at radius 2 is 1.68 bits per heavy atom. The minimum atomic E-state index is -0.599. The van der Waals surface area contributed by atoms with Crippen molar-refractivity contribution < 1.29 is 14.0 Å². The number of hydrogen-bond acceptors (Lipinski definition) is 2. The molecule has 0 radical (unpaired) electrons. The summed E-state index contributed by atoms with van der Waals surface area (Å²) in [4.78, 5) is 27.4. The minimum Gasteiger partial charge on any atom is -0.354 e. The average molecular weight is 384 g/mol. The van der Waals surface area contributed by atoms with Crippen molar-refractivity contribution in [3.8, 4) is 0 Å². The Balaban J connectivity index is 2.25. The van der Waals surface area contributed by atoms with Gasteiger partial charge >= 0.3 is 0 Å². The zero-order valence-corrected chi connectivity index (χ0v) is 16.8. The molecule has 0 heterocycles. The van der Waals surface area contributed by atoms with Crippen LogP contribution in [0, 0.1) is 11.7 Å². The maximum Gasteiger partial charge on any atom is 0.242 e. The van der Waals surface area contributed by atoms with E-state index in [-0.39, 0.29) is 18.2 Å². The van der Waals surface area contributed by atoms with Gasteiger partial charge in [-0.25, -0.2) is 4.39 Å². The van der Waals surface area contributed by atoms with Crippen LogP contribution in [0.2, 0.25) is 0 Å². The second-order valence-corrected chi connectivity index (χ2v) is 7.34. The summed E-state index contributed by atoms with van der Waals surface area (Å²) in [6, 6.07) is 15.2.